The van der Waals surface area contributed by atoms with Gasteiger partial charge < -0.3 is 5.32 Å². The van der Waals surface area contributed by atoms with Crippen LogP contribution in [0.2, 0.25) is 0 Å². The highest BCUT2D eigenvalue weighted by Gasteiger charge is 2.33. The predicted molar refractivity (Wildman–Crippen MR) is 105 cm³/mol. The summed E-state index contributed by atoms with van der Waals surface area (Å²) in [5.74, 6) is 0. The average molecular weight is 353 g/mol. The first kappa shape index (κ1) is 15.6. The van der Waals surface area contributed by atoms with Crippen LogP contribution in [0.5, 0.6) is 0 Å². The van der Waals surface area contributed by atoms with Gasteiger partial charge in [0, 0.05) is 16.8 Å². The highest BCUT2D eigenvalue weighted by molar-refractivity contribution is 7.68. The minimum absolute atomic E-state index is 0.0718. The predicted octanol–water partition coefficient (Wildman–Crippen LogP) is 5.99. The molecule has 0 spiro atoms. The Morgan fingerprint density at radius 3 is 2.54 bits per heavy atom. The molecule has 0 unspecified atom stereocenters. The van der Waals surface area contributed by atoms with E-state index in [9.17, 15) is 0 Å². The summed E-state index contributed by atoms with van der Waals surface area (Å²) in [6.07, 6.45) is 0. The van der Waals surface area contributed by atoms with E-state index >= 15 is 0 Å². The summed E-state index contributed by atoms with van der Waals surface area (Å²) in [6.45, 7) is 8.74. The molecule has 1 N–H and O–H groups in total. The maximum atomic E-state index is 4.96. The zero-order valence-corrected chi connectivity index (χ0v) is 15.9. The molecule has 0 saturated heterocycles. The van der Waals surface area contributed by atoms with Gasteiger partial charge in [-0.2, -0.15) is 0 Å². The van der Waals surface area contributed by atoms with Crippen molar-refractivity contribution in [3.63, 3.8) is 0 Å². The number of hydrogen-bond acceptors (Lipinski definition) is 4. The van der Waals surface area contributed by atoms with Crippen LogP contribution in [0.25, 0.3) is 11.1 Å². The standard InChI is InChI=1S/C20H20N2S2/c1-12-6-5-7-14(10-12)21-19-17-15-9-8-13(2)11-16(15)22-20(3,4)18(17)23-24-19/h5-11,22H,1-4H3. The van der Waals surface area contributed by atoms with Gasteiger partial charge in [0.25, 0.3) is 0 Å². The van der Waals surface area contributed by atoms with Gasteiger partial charge in [-0.1, -0.05) is 44.9 Å². The third-order valence-corrected chi connectivity index (χ3v) is 6.98. The molecule has 0 saturated carbocycles. The van der Waals surface area contributed by atoms with E-state index in [-0.39, 0.29) is 5.54 Å². The number of nitrogens with zero attached hydrogens (tertiary/aromatic N) is 1. The van der Waals surface area contributed by atoms with E-state index in [4.69, 9.17) is 4.99 Å². The van der Waals surface area contributed by atoms with Crippen LogP contribution in [0.3, 0.4) is 0 Å². The molecule has 0 radical (unpaired) electrons. The van der Waals surface area contributed by atoms with Gasteiger partial charge in [0.15, 0.2) is 0 Å². The zero-order chi connectivity index (χ0) is 16.9. The molecule has 122 valence electrons. The summed E-state index contributed by atoms with van der Waals surface area (Å²) in [5.41, 5.74) is 7.23. The first-order valence-electron chi connectivity index (χ1n) is 8.08. The van der Waals surface area contributed by atoms with E-state index < -0.39 is 0 Å². The van der Waals surface area contributed by atoms with Gasteiger partial charge in [-0.25, -0.2) is 4.99 Å². The minimum Gasteiger partial charge on any atom is -0.375 e. The Bertz CT molecular complexity index is 993. The second-order valence-electron chi connectivity index (χ2n) is 6.93. The van der Waals surface area contributed by atoms with Gasteiger partial charge in [-0.05, 0) is 57.0 Å². The van der Waals surface area contributed by atoms with Gasteiger partial charge >= 0.3 is 0 Å². The lowest BCUT2D eigenvalue weighted by molar-refractivity contribution is 0.619. The molecule has 3 aromatic rings. The second kappa shape index (κ2) is 5.57. The quantitative estimate of drug-likeness (QED) is 0.535. The summed E-state index contributed by atoms with van der Waals surface area (Å²) >= 11 is 0. The Kier molecular flexibility index (Phi) is 3.62. The van der Waals surface area contributed by atoms with E-state index in [1.54, 1.807) is 10.3 Å². The van der Waals surface area contributed by atoms with Crippen molar-refractivity contribution in [1.29, 1.82) is 0 Å². The summed E-state index contributed by atoms with van der Waals surface area (Å²) in [5, 5.41) is 3.69. The SMILES string of the molecule is Cc1cccc(N=c2ssc3c2-c2ccc(C)cc2NC3(C)C)c1. The van der Waals surface area contributed by atoms with Crippen LogP contribution < -0.4 is 9.99 Å². The van der Waals surface area contributed by atoms with Crippen LogP contribution in [0.4, 0.5) is 11.4 Å². The van der Waals surface area contributed by atoms with Crippen LogP contribution in [-0.2, 0) is 5.54 Å². The molecule has 0 bridgehead atoms. The van der Waals surface area contributed by atoms with Crippen molar-refractivity contribution in [2.75, 3.05) is 5.32 Å². The highest BCUT2D eigenvalue weighted by Crippen LogP contribution is 2.45. The van der Waals surface area contributed by atoms with Crippen LogP contribution in [0.1, 0.15) is 29.9 Å². The number of aryl methyl sites for hydroxylation is 2. The Morgan fingerprint density at radius 2 is 1.75 bits per heavy atom. The van der Waals surface area contributed by atoms with E-state index in [0.29, 0.717) is 0 Å². The second-order valence-corrected chi connectivity index (χ2v) is 9.05. The molecule has 2 aromatic carbocycles. The molecule has 1 aliphatic rings. The fourth-order valence-corrected chi connectivity index (χ4v) is 6.12. The number of nitrogens with one attached hydrogen (secondary N) is 1. The number of benzene rings is 2. The van der Waals surface area contributed by atoms with E-state index in [1.165, 1.54) is 32.8 Å². The maximum Gasteiger partial charge on any atom is 0.135 e. The van der Waals surface area contributed by atoms with Crippen molar-refractivity contribution in [3.05, 3.63) is 63.1 Å². The average Bonchev–Trinajstić information content (AvgIpc) is 2.91. The fraction of sp³-hybridized carbons (Fsp3) is 0.250. The Hall–Kier alpha value is -1.91. The molecule has 1 aliphatic heterocycles. The first-order valence-corrected chi connectivity index (χ1v) is 10.2. The molecule has 1 aromatic heterocycles. The summed E-state index contributed by atoms with van der Waals surface area (Å²) in [4.78, 5) is 6.33. The molecule has 4 rings (SSSR count). The third-order valence-electron chi connectivity index (χ3n) is 4.34. The molecule has 0 amide bonds. The van der Waals surface area contributed by atoms with Crippen LogP contribution in [-0.4, -0.2) is 0 Å². The smallest absolute Gasteiger partial charge is 0.135 e. The van der Waals surface area contributed by atoms with Crippen molar-refractivity contribution >= 4 is 32.1 Å². The lowest BCUT2D eigenvalue weighted by atomic mass is 9.89. The van der Waals surface area contributed by atoms with E-state index in [1.807, 2.05) is 10.3 Å². The lowest BCUT2D eigenvalue weighted by Crippen LogP contribution is -2.31. The molecule has 24 heavy (non-hydrogen) atoms. The Balaban J connectivity index is 1.98. The Morgan fingerprint density at radius 1 is 0.958 bits per heavy atom. The van der Waals surface area contributed by atoms with Crippen molar-refractivity contribution in [2.24, 2.45) is 4.99 Å². The highest BCUT2D eigenvalue weighted by atomic mass is 32.9. The van der Waals surface area contributed by atoms with E-state index in [0.717, 1.165) is 10.4 Å². The van der Waals surface area contributed by atoms with Gasteiger partial charge in [-0.15, -0.1) is 0 Å². The topological polar surface area (TPSA) is 24.4 Å². The normalized spacial score (nSPS) is 15.6. The number of fused-ring (bicyclic) bond motifs is 3. The molecule has 0 aliphatic carbocycles. The summed E-state index contributed by atoms with van der Waals surface area (Å²) < 4.78 is 1.11. The summed E-state index contributed by atoms with van der Waals surface area (Å²) in [6, 6.07) is 15.0. The molecular formula is C20H20N2S2. The lowest BCUT2D eigenvalue weighted by Gasteiger charge is -2.33. The number of anilines is 1. The maximum absolute atomic E-state index is 4.96. The Labute approximate surface area is 149 Å². The first-order chi connectivity index (χ1) is 11.4. The minimum atomic E-state index is -0.0718. The molecule has 0 atom stereocenters. The molecule has 4 heteroatoms. The largest absolute Gasteiger partial charge is 0.375 e. The molecular weight excluding hydrogens is 332 g/mol. The fourth-order valence-electron chi connectivity index (χ4n) is 3.18. The molecule has 2 heterocycles. The zero-order valence-electron chi connectivity index (χ0n) is 14.3. The van der Waals surface area contributed by atoms with Crippen molar-refractivity contribution in [2.45, 2.75) is 33.2 Å². The third kappa shape index (κ3) is 2.60. The van der Waals surface area contributed by atoms with Gasteiger partial charge in [0.1, 0.15) is 4.67 Å². The molecule has 0 fully saturated rings. The van der Waals surface area contributed by atoms with Crippen LogP contribution in [0.15, 0.2) is 47.5 Å². The molecule has 2 nitrogen and oxygen atoms in total. The van der Waals surface area contributed by atoms with Crippen molar-refractivity contribution < 1.29 is 0 Å². The number of rotatable bonds is 1. The van der Waals surface area contributed by atoms with Gasteiger partial charge in [-0.3, -0.25) is 0 Å². The van der Waals surface area contributed by atoms with Crippen LogP contribution >= 0.6 is 20.7 Å². The van der Waals surface area contributed by atoms with E-state index in [2.05, 4.69) is 75.5 Å². The number of hydrogen-bond donors (Lipinski definition) is 1. The monoisotopic (exact) mass is 352 g/mol. The van der Waals surface area contributed by atoms with Crippen molar-refractivity contribution in [3.8, 4) is 11.1 Å². The van der Waals surface area contributed by atoms with Gasteiger partial charge in [0.05, 0.1) is 16.1 Å². The van der Waals surface area contributed by atoms with Crippen molar-refractivity contribution in [1.82, 2.24) is 0 Å². The summed E-state index contributed by atoms with van der Waals surface area (Å²) in [7, 11) is 3.61. The van der Waals surface area contributed by atoms with Gasteiger partial charge in [0.2, 0.25) is 0 Å². The van der Waals surface area contributed by atoms with Crippen LogP contribution in [0, 0.1) is 13.8 Å².